The number of nitrogens with one attached hydrogen (secondary N) is 1. The number of benzene rings is 2. The van der Waals surface area contributed by atoms with E-state index in [-0.39, 0.29) is 30.9 Å². The molecular weight excluding hydrogens is 354 g/mol. The van der Waals surface area contributed by atoms with E-state index in [1.165, 1.54) is 5.56 Å². The van der Waals surface area contributed by atoms with Gasteiger partial charge >= 0.3 is 0 Å². The third-order valence-corrected chi connectivity index (χ3v) is 5.32. The molecule has 2 aromatic carbocycles. The Bertz CT molecular complexity index is 1020. The van der Waals surface area contributed by atoms with E-state index in [0.29, 0.717) is 17.0 Å². The number of nitrogens with zero attached hydrogens (tertiary/aromatic N) is 2. The highest BCUT2D eigenvalue weighted by Crippen LogP contribution is 2.44. The van der Waals surface area contributed by atoms with Gasteiger partial charge in [-0.15, -0.1) is 0 Å². The standard InChI is InChI=1S/C22H23N3O3/c1-3-14-5-7-15(8-6-14)21-18-19(16-12-13(2)4-9-17(16)27)23-24-20(18)22(28)25(21)10-11-26/h4-9,12,21,26-27H,3,10-11H2,1-2H3,(H,23,24). The highest BCUT2D eigenvalue weighted by atomic mass is 16.3. The van der Waals surface area contributed by atoms with E-state index in [0.717, 1.165) is 23.1 Å². The van der Waals surface area contributed by atoms with Crippen molar-refractivity contribution in [1.82, 2.24) is 15.1 Å². The Morgan fingerprint density at radius 1 is 1.18 bits per heavy atom. The van der Waals surface area contributed by atoms with Crippen molar-refractivity contribution in [3.8, 4) is 17.0 Å². The Balaban J connectivity index is 1.90. The fraction of sp³-hybridized carbons (Fsp3) is 0.273. The van der Waals surface area contributed by atoms with Gasteiger partial charge in [-0.1, -0.05) is 42.8 Å². The SMILES string of the molecule is CCc1ccc(C2c3c(-c4cc(C)ccc4O)n[nH]c3C(=O)N2CCO)cc1. The third-order valence-electron chi connectivity index (χ3n) is 5.32. The van der Waals surface area contributed by atoms with Gasteiger partial charge in [0.1, 0.15) is 17.1 Å². The molecule has 0 fully saturated rings. The minimum Gasteiger partial charge on any atom is -0.507 e. The van der Waals surface area contributed by atoms with Gasteiger partial charge in [0.15, 0.2) is 0 Å². The number of hydrogen-bond donors (Lipinski definition) is 3. The maximum atomic E-state index is 13.0. The van der Waals surface area contributed by atoms with Crippen molar-refractivity contribution in [2.24, 2.45) is 0 Å². The summed E-state index contributed by atoms with van der Waals surface area (Å²) in [6, 6.07) is 13.1. The Hall–Kier alpha value is -3.12. The number of hydrogen-bond acceptors (Lipinski definition) is 4. The summed E-state index contributed by atoms with van der Waals surface area (Å²) in [5.74, 6) is -0.0763. The molecule has 6 heteroatoms. The van der Waals surface area contributed by atoms with Crippen LogP contribution >= 0.6 is 0 Å². The summed E-state index contributed by atoms with van der Waals surface area (Å²) in [5, 5.41) is 27.1. The second-order valence-corrected chi connectivity index (χ2v) is 7.10. The number of rotatable bonds is 5. The monoisotopic (exact) mass is 377 g/mol. The molecule has 28 heavy (non-hydrogen) atoms. The van der Waals surface area contributed by atoms with Gasteiger partial charge in [-0.2, -0.15) is 5.10 Å². The summed E-state index contributed by atoms with van der Waals surface area (Å²) in [7, 11) is 0. The normalized spacial score (nSPS) is 15.9. The summed E-state index contributed by atoms with van der Waals surface area (Å²) < 4.78 is 0. The molecule has 0 radical (unpaired) electrons. The number of aliphatic hydroxyl groups excluding tert-OH is 1. The lowest BCUT2D eigenvalue weighted by Gasteiger charge is -2.26. The molecule has 1 amide bonds. The quantitative estimate of drug-likeness (QED) is 0.637. The number of aromatic nitrogens is 2. The molecule has 1 aliphatic heterocycles. The third kappa shape index (κ3) is 2.86. The van der Waals surface area contributed by atoms with E-state index in [1.807, 2.05) is 31.2 Å². The number of β-amino-alcohol motifs (C(OH)–C–C–N with tert-alkyl or cyclic N) is 1. The first-order valence-corrected chi connectivity index (χ1v) is 9.44. The van der Waals surface area contributed by atoms with E-state index in [1.54, 1.807) is 11.0 Å². The van der Waals surface area contributed by atoms with Crippen molar-refractivity contribution < 1.29 is 15.0 Å². The van der Waals surface area contributed by atoms with Gasteiger partial charge in [0.25, 0.3) is 5.91 Å². The molecule has 0 saturated carbocycles. The topological polar surface area (TPSA) is 89.5 Å². The second-order valence-electron chi connectivity index (χ2n) is 7.10. The first-order chi connectivity index (χ1) is 13.5. The number of H-pyrrole nitrogens is 1. The van der Waals surface area contributed by atoms with E-state index in [4.69, 9.17) is 0 Å². The highest BCUT2D eigenvalue weighted by Gasteiger charge is 2.42. The van der Waals surface area contributed by atoms with Crippen LogP contribution in [0.15, 0.2) is 42.5 Å². The maximum absolute atomic E-state index is 13.0. The molecular formula is C22H23N3O3. The van der Waals surface area contributed by atoms with Gasteiger partial charge < -0.3 is 15.1 Å². The molecule has 6 nitrogen and oxygen atoms in total. The van der Waals surface area contributed by atoms with Gasteiger partial charge in [0.05, 0.1) is 12.6 Å². The minimum atomic E-state index is -0.366. The van der Waals surface area contributed by atoms with Crippen LogP contribution in [0.3, 0.4) is 0 Å². The molecule has 0 bridgehead atoms. The molecule has 1 aliphatic rings. The van der Waals surface area contributed by atoms with E-state index < -0.39 is 0 Å². The van der Waals surface area contributed by atoms with Gasteiger partial charge in [-0.3, -0.25) is 9.89 Å². The molecule has 1 unspecified atom stereocenters. The van der Waals surface area contributed by atoms with Gasteiger partial charge in [0.2, 0.25) is 0 Å². The zero-order chi connectivity index (χ0) is 19.8. The predicted molar refractivity (Wildman–Crippen MR) is 106 cm³/mol. The summed E-state index contributed by atoms with van der Waals surface area (Å²) in [6.07, 6.45) is 0.934. The fourth-order valence-electron chi connectivity index (χ4n) is 3.86. The summed E-state index contributed by atoms with van der Waals surface area (Å²) in [4.78, 5) is 14.6. The number of carbonyl (C=O) groups excluding carboxylic acids is 1. The highest BCUT2D eigenvalue weighted by molar-refractivity contribution is 6.00. The zero-order valence-corrected chi connectivity index (χ0v) is 15.9. The van der Waals surface area contributed by atoms with E-state index in [2.05, 4.69) is 29.3 Å². The molecule has 3 N–H and O–H groups in total. The van der Waals surface area contributed by atoms with Crippen LogP contribution in [0.2, 0.25) is 0 Å². The van der Waals surface area contributed by atoms with Crippen LogP contribution in [0.25, 0.3) is 11.3 Å². The van der Waals surface area contributed by atoms with Crippen LogP contribution in [0.4, 0.5) is 0 Å². The number of aryl methyl sites for hydroxylation is 2. The molecule has 0 aliphatic carbocycles. The number of carbonyl (C=O) groups is 1. The largest absolute Gasteiger partial charge is 0.507 e. The molecule has 0 spiro atoms. The molecule has 2 heterocycles. The zero-order valence-electron chi connectivity index (χ0n) is 15.9. The van der Waals surface area contributed by atoms with Gasteiger partial charge in [-0.05, 0) is 36.6 Å². The Morgan fingerprint density at radius 3 is 2.61 bits per heavy atom. The molecule has 3 aromatic rings. The van der Waals surface area contributed by atoms with Crippen molar-refractivity contribution >= 4 is 5.91 Å². The summed E-state index contributed by atoms with van der Waals surface area (Å²) >= 11 is 0. The Morgan fingerprint density at radius 2 is 1.93 bits per heavy atom. The Labute approximate surface area is 163 Å². The van der Waals surface area contributed by atoms with Crippen LogP contribution in [-0.4, -0.2) is 44.4 Å². The van der Waals surface area contributed by atoms with Crippen molar-refractivity contribution in [3.63, 3.8) is 0 Å². The number of phenolic OH excluding ortho intramolecular Hbond substituents is 1. The number of amides is 1. The first-order valence-electron chi connectivity index (χ1n) is 9.44. The number of aliphatic hydroxyl groups is 1. The van der Waals surface area contributed by atoms with Crippen molar-refractivity contribution in [2.45, 2.75) is 26.3 Å². The predicted octanol–water partition coefficient (Wildman–Crippen LogP) is 3.19. The fourth-order valence-corrected chi connectivity index (χ4v) is 3.86. The van der Waals surface area contributed by atoms with Crippen LogP contribution in [0.1, 0.15) is 45.7 Å². The lowest BCUT2D eigenvalue weighted by atomic mass is 9.94. The maximum Gasteiger partial charge on any atom is 0.273 e. The van der Waals surface area contributed by atoms with Gasteiger partial charge in [0, 0.05) is 17.7 Å². The number of aromatic amines is 1. The minimum absolute atomic E-state index is 0.119. The van der Waals surface area contributed by atoms with Gasteiger partial charge in [-0.25, -0.2) is 0 Å². The molecule has 4 rings (SSSR count). The molecule has 1 atom stereocenters. The average Bonchev–Trinajstić information content (AvgIpc) is 3.24. The lowest BCUT2D eigenvalue weighted by Crippen LogP contribution is -2.32. The van der Waals surface area contributed by atoms with Crippen LogP contribution in [0.5, 0.6) is 5.75 Å². The van der Waals surface area contributed by atoms with Crippen molar-refractivity contribution in [2.75, 3.05) is 13.2 Å². The molecule has 1 aromatic heterocycles. The van der Waals surface area contributed by atoms with Crippen LogP contribution in [-0.2, 0) is 6.42 Å². The lowest BCUT2D eigenvalue weighted by molar-refractivity contribution is 0.0706. The second kappa shape index (κ2) is 7.13. The number of fused-ring (bicyclic) bond motifs is 1. The molecule has 144 valence electrons. The molecule has 0 saturated heterocycles. The first kappa shape index (κ1) is 18.3. The van der Waals surface area contributed by atoms with Crippen LogP contribution in [0, 0.1) is 6.92 Å². The Kier molecular flexibility index (Phi) is 4.65. The summed E-state index contributed by atoms with van der Waals surface area (Å²) in [5.41, 5.74) is 5.46. The summed E-state index contributed by atoms with van der Waals surface area (Å²) in [6.45, 7) is 4.14. The van der Waals surface area contributed by atoms with E-state index >= 15 is 0 Å². The van der Waals surface area contributed by atoms with Crippen molar-refractivity contribution in [3.05, 3.63) is 70.4 Å². The van der Waals surface area contributed by atoms with Crippen molar-refractivity contribution in [1.29, 1.82) is 0 Å². The number of aromatic hydroxyl groups is 1. The average molecular weight is 377 g/mol. The van der Waals surface area contributed by atoms with Crippen LogP contribution < -0.4 is 0 Å². The van der Waals surface area contributed by atoms with E-state index in [9.17, 15) is 15.0 Å². The smallest absolute Gasteiger partial charge is 0.273 e. The number of phenols is 1.